The average molecular weight is 602 g/mol. The first-order valence-corrected chi connectivity index (χ1v) is 12.9. The van der Waals surface area contributed by atoms with Gasteiger partial charge in [-0.3, -0.25) is 9.88 Å². The largest absolute Gasteiger partial charge is 0.490 e. The van der Waals surface area contributed by atoms with Crippen molar-refractivity contribution < 1.29 is 59.3 Å². The Bertz CT molecular complexity index is 1190. The smallest absolute Gasteiger partial charge is 0.475 e. The van der Waals surface area contributed by atoms with Gasteiger partial charge in [-0.15, -0.1) is 0 Å². The van der Waals surface area contributed by atoms with E-state index in [9.17, 15) is 34.8 Å². The fourth-order valence-corrected chi connectivity index (χ4v) is 4.96. The monoisotopic (exact) mass is 601 g/mol. The van der Waals surface area contributed by atoms with Gasteiger partial charge in [0.1, 0.15) is 0 Å². The third kappa shape index (κ3) is 10.4. The number of pyridine rings is 1. The van der Waals surface area contributed by atoms with Crippen LogP contribution in [-0.2, 0) is 30.9 Å². The normalized spacial score (nSPS) is 20.9. The maximum Gasteiger partial charge on any atom is 0.490 e. The maximum absolute atomic E-state index is 12.4. The number of nitrogens with one attached hydrogen (secondary N) is 1. The maximum atomic E-state index is 12.4. The lowest BCUT2D eigenvalue weighted by atomic mass is 9.93. The first-order chi connectivity index (χ1) is 18.5. The molecule has 222 valence electrons. The fourth-order valence-electron chi connectivity index (χ4n) is 3.84. The van der Waals surface area contributed by atoms with E-state index in [2.05, 4.69) is 14.6 Å². The van der Waals surface area contributed by atoms with Crippen molar-refractivity contribution in [3.8, 4) is 0 Å². The fraction of sp³-hybridized carbons (Fsp3) is 0.435. The molecule has 3 heterocycles. The summed E-state index contributed by atoms with van der Waals surface area (Å²) in [5, 5.41) is 14.2. The number of fused-ring (bicyclic) bond motifs is 1. The van der Waals surface area contributed by atoms with Gasteiger partial charge >= 0.3 is 24.3 Å². The molecule has 0 amide bonds. The topological polar surface area (TPSA) is 146 Å². The predicted octanol–water partition coefficient (Wildman–Crippen LogP) is 2.77. The Morgan fingerprint density at radius 2 is 1.50 bits per heavy atom. The minimum atomic E-state index is -5.08. The van der Waals surface area contributed by atoms with E-state index < -0.39 is 34.3 Å². The van der Waals surface area contributed by atoms with Crippen molar-refractivity contribution in [1.29, 1.82) is 0 Å². The number of alkyl halides is 6. The summed E-state index contributed by atoms with van der Waals surface area (Å²) in [7, 11) is -3.47. The SMILES string of the molecule is O=C(O)C(F)(F)F.O=C(O)C(F)(F)F.O=S(=O)(NC[C@@H]1CO[C@@H]2CN(Cc3ccccn3)C[C@H]12)c1ccccc1. The molecule has 3 N–H and O–H groups in total. The predicted molar refractivity (Wildman–Crippen MR) is 125 cm³/mol. The van der Waals surface area contributed by atoms with Crippen LogP contribution in [0.25, 0.3) is 0 Å². The molecule has 17 heteroatoms. The summed E-state index contributed by atoms with van der Waals surface area (Å²) >= 11 is 0. The molecule has 40 heavy (non-hydrogen) atoms. The summed E-state index contributed by atoms with van der Waals surface area (Å²) < 4.78 is 97.0. The number of hydrogen-bond donors (Lipinski definition) is 3. The van der Waals surface area contributed by atoms with Gasteiger partial charge in [-0.25, -0.2) is 22.7 Å². The van der Waals surface area contributed by atoms with Gasteiger partial charge in [0, 0.05) is 44.2 Å². The highest BCUT2D eigenvalue weighted by molar-refractivity contribution is 7.89. The first kappa shape index (κ1) is 32.9. The molecule has 1 aromatic heterocycles. The molecule has 0 bridgehead atoms. The van der Waals surface area contributed by atoms with Gasteiger partial charge < -0.3 is 14.9 Å². The summed E-state index contributed by atoms with van der Waals surface area (Å²) in [5.41, 5.74) is 1.05. The number of aliphatic carboxylic acids is 2. The lowest BCUT2D eigenvalue weighted by Crippen LogP contribution is -2.34. The molecule has 4 rings (SSSR count). The van der Waals surface area contributed by atoms with Gasteiger partial charge in [-0.1, -0.05) is 24.3 Å². The van der Waals surface area contributed by atoms with Crippen LogP contribution < -0.4 is 4.72 Å². The van der Waals surface area contributed by atoms with Crippen LogP contribution in [0.4, 0.5) is 26.3 Å². The van der Waals surface area contributed by atoms with E-state index in [1.54, 1.807) is 24.3 Å². The van der Waals surface area contributed by atoms with Crippen LogP contribution in [0, 0.1) is 11.8 Å². The third-order valence-electron chi connectivity index (χ3n) is 5.70. The molecular weight excluding hydrogens is 576 g/mol. The molecule has 10 nitrogen and oxygen atoms in total. The van der Waals surface area contributed by atoms with Crippen LogP contribution in [0.15, 0.2) is 59.6 Å². The highest BCUT2D eigenvalue weighted by Gasteiger charge is 2.44. The van der Waals surface area contributed by atoms with Gasteiger partial charge in [-0.05, 0) is 24.3 Å². The molecule has 0 aliphatic carbocycles. The lowest BCUT2D eigenvalue weighted by Gasteiger charge is -2.19. The van der Waals surface area contributed by atoms with E-state index in [-0.39, 0.29) is 12.0 Å². The van der Waals surface area contributed by atoms with Crippen LogP contribution in [0.3, 0.4) is 0 Å². The Morgan fingerprint density at radius 1 is 0.950 bits per heavy atom. The second-order valence-electron chi connectivity index (χ2n) is 8.58. The zero-order valence-electron chi connectivity index (χ0n) is 20.5. The van der Waals surface area contributed by atoms with E-state index in [0.29, 0.717) is 24.0 Å². The zero-order valence-corrected chi connectivity index (χ0v) is 21.3. The number of sulfonamides is 1. The van der Waals surface area contributed by atoms with Gasteiger partial charge in [-0.2, -0.15) is 26.3 Å². The van der Waals surface area contributed by atoms with Crippen molar-refractivity contribution in [1.82, 2.24) is 14.6 Å². The molecule has 1 aromatic carbocycles. The number of aromatic nitrogens is 1. The van der Waals surface area contributed by atoms with Crippen molar-refractivity contribution in [2.45, 2.75) is 29.9 Å². The number of ether oxygens (including phenoxy) is 1. The number of carboxylic acid groups (broad SMARTS) is 2. The summed E-state index contributed by atoms with van der Waals surface area (Å²) in [6.45, 7) is 3.63. The number of carboxylic acids is 2. The molecule has 0 saturated carbocycles. The lowest BCUT2D eigenvalue weighted by molar-refractivity contribution is -0.193. The van der Waals surface area contributed by atoms with E-state index in [4.69, 9.17) is 24.5 Å². The van der Waals surface area contributed by atoms with Gasteiger partial charge in [0.25, 0.3) is 0 Å². The van der Waals surface area contributed by atoms with Crippen LogP contribution in [-0.4, -0.2) is 85.2 Å². The van der Waals surface area contributed by atoms with E-state index in [1.807, 2.05) is 30.5 Å². The molecule has 0 spiro atoms. The number of halogens is 6. The van der Waals surface area contributed by atoms with Crippen LogP contribution in [0.2, 0.25) is 0 Å². The van der Waals surface area contributed by atoms with Crippen molar-refractivity contribution in [3.63, 3.8) is 0 Å². The number of likely N-dealkylation sites (tertiary alicyclic amines) is 1. The Balaban J connectivity index is 0.000000333. The Hall–Kier alpha value is -3.28. The van der Waals surface area contributed by atoms with E-state index >= 15 is 0 Å². The van der Waals surface area contributed by atoms with Crippen molar-refractivity contribution in [2.24, 2.45) is 11.8 Å². The van der Waals surface area contributed by atoms with Crippen molar-refractivity contribution in [2.75, 3.05) is 26.2 Å². The minimum absolute atomic E-state index is 0.185. The molecule has 2 aliphatic heterocycles. The van der Waals surface area contributed by atoms with Gasteiger partial charge in [0.15, 0.2) is 0 Å². The van der Waals surface area contributed by atoms with Crippen LogP contribution >= 0.6 is 0 Å². The van der Waals surface area contributed by atoms with Crippen molar-refractivity contribution >= 4 is 22.0 Å². The number of benzene rings is 1. The molecule has 2 aliphatic rings. The summed E-state index contributed by atoms with van der Waals surface area (Å²) in [5.74, 6) is -4.95. The molecule has 2 fully saturated rings. The molecule has 0 unspecified atom stereocenters. The number of hydrogen-bond acceptors (Lipinski definition) is 7. The summed E-state index contributed by atoms with van der Waals surface area (Å²) in [6, 6.07) is 14.4. The summed E-state index contributed by atoms with van der Waals surface area (Å²) in [6.07, 6.45) is -8.17. The van der Waals surface area contributed by atoms with Gasteiger partial charge in [0.05, 0.1) is 23.3 Å². The number of rotatable bonds is 6. The minimum Gasteiger partial charge on any atom is -0.475 e. The standard InChI is InChI=1S/C19H23N3O3S.2C2HF3O2/c23-26(24,17-7-2-1-3-8-17)21-10-15-14-25-19-13-22(12-18(15)19)11-16-6-4-5-9-20-16;2*3-2(4,5)1(6)7/h1-9,15,18-19,21H,10-14H2;2*(H,6,7)/t15-,18-,19-;;/m1../s1. The molecule has 2 saturated heterocycles. The molecule has 0 radical (unpaired) electrons. The molecular formula is C23H25F6N3O7S. The van der Waals surface area contributed by atoms with Crippen molar-refractivity contribution in [3.05, 3.63) is 60.4 Å². The highest BCUT2D eigenvalue weighted by Crippen LogP contribution is 2.34. The Labute approximate surface area is 224 Å². The van der Waals surface area contributed by atoms with E-state index in [0.717, 1.165) is 25.3 Å². The molecule has 2 aromatic rings. The number of nitrogens with zero attached hydrogens (tertiary/aromatic N) is 2. The second-order valence-corrected chi connectivity index (χ2v) is 10.3. The van der Waals surface area contributed by atoms with Gasteiger partial charge in [0.2, 0.25) is 10.0 Å². The Kier molecular flexibility index (Phi) is 11.4. The van der Waals surface area contributed by atoms with E-state index in [1.165, 1.54) is 0 Å². The average Bonchev–Trinajstić information content (AvgIpc) is 3.44. The van der Waals surface area contributed by atoms with Crippen LogP contribution in [0.5, 0.6) is 0 Å². The third-order valence-corrected chi connectivity index (χ3v) is 7.14. The Morgan fingerprint density at radius 3 is 2.00 bits per heavy atom. The summed E-state index contributed by atoms with van der Waals surface area (Å²) in [4.78, 5) is 24.8. The quantitative estimate of drug-likeness (QED) is 0.426. The molecule has 3 atom stereocenters. The first-order valence-electron chi connectivity index (χ1n) is 11.4. The second kappa shape index (κ2) is 13.9. The number of carbonyl (C=O) groups is 2. The zero-order chi connectivity index (χ0) is 30.1. The highest BCUT2D eigenvalue weighted by atomic mass is 32.2. The van der Waals surface area contributed by atoms with Crippen LogP contribution in [0.1, 0.15) is 5.69 Å².